The van der Waals surface area contributed by atoms with Crippen molar-refractivity contribution in [3.8, 4) is 0 Å². The lowest BCUT2D eigenvalue weighted by atomic mass is 9.89. The van der Waals surface area contributed by atoms with E-state index in [1.54, 1.807) is 30.3 Å². The first-order chi connectivity index (χ1) is 12.4. The number of fused-ring (bicyclic) bond motifs is 1. The average Bonchev–Trinajstić information content (AvgIpc) is 3.04. The van der Waals surface area contributed by atoms with Crippen molar-refractivity contribution in [3.63, 3.8) is 0 Å². The van der Waals surface area contributed by atoms with Crippen molar-refractivity contribution >= 4 is 11.6 Å². The van der Waals surface area contributed by atoms with Gasteiger partial charge in [0.2, 0.25) is 0 Å². The largest absolute Gasteiger partial charge is 0.406 e. The molecule has 4 nitrogen and oxygen atoms in total. The molecular weight excluding hydrogens is 343 g/mol. The molecule has 2 aromatic rings. The van der Waals surface area contributed by atoms with E-state index in [-0.39, 0.29) is 0 Å². The summed E-state index contributed by atoms with van der Waals surface area (Å²) in [5.41, 5.74) is 4.14. The van der Waals surface area contributed by atoms with Crippen LogP contribution in [0, 0.1) is 0 Å². The number of hydrazine groups is 1. The van der Waals surface area contributed by atoms with E-state index in [2.05, 4.69) is 10.7 Å². The first-order valence-corrected chi connectivity index (χ1v) is 8.20. The van der Waals surface area contributed by atoms with Crippen molar-refractivity contribution in [1.29, 1.82) is 0 Å². The maximum atomic E-state index is 13.6. The van der Waals surface area contributed by atoms with Crippen molar-refractivity contribution in [2.45, 2.75) is 24.3 Å². The number of nitrogens with zero attached hydrogens (tertiary/aromatic N) is 1. The van der Waals surface area contributed by atoms with Gasteiger partial charge < -0.3 is 5.32 Å². The summed E-state index contributed by atoms with van der Waals surface area (Å²) in [6.07, 6.45) is -4.01. The number of hydrogen-bond acceptors (Lipinski definition) is 3. The summed E-state index contributed by atoms with van der Waals surface area (Å²) in [6.45, 7) is 0. The second-order valence-corrected chi connectivity index (χ2v) is 6.31. The third-order valence-corrected chi connectivity index (χ3v) is 4.69. The fourth-order valence-electron chi connectivity index (χ4n) is 3.51. The molecule has 1 fully saturated rings. The molecule has 0 saturated carbocycles. The van der Waals surface area contributed by atoms with Gasteiger partial charge in [0.15, 0.2) is 0 Å². The monoisotopic (exact) mass is 359 g/mol. The number of carbonyl (C=O) groups excluding carboxylic acids is 1. The van der Waals surface area contributed by atoms with E-state index in [4.69, 9.17) is 0 Å². The number of benzene rings is 2. The molecule has 26 heavy (non-hydrogen) atoms. The third kappa shape index (κ3) is 2.84. The van der Waals surface area contributed by atoms with Gasteiger partial charge in [-0.25, -0.2) is 5.43 Å². The van der Waals surface area contributed by atoms with E-state index in [9.17, 15) is 18.0 Å². The number of hydrogen-bond donors (Lipinski definition) is 2. The van der Waals surface area contributed by atoms with Crippen LogP contribution in [0.3, 0.4) is 0 Å². The second kappa shape index (κ2) is 6.17. The minimum atomic E-state index is -4.49. The summed E-state index contributed by atoms with van der Waals surface area (Å²) < 4.78 is 40.9. The van der Waals surface area contributed by atoms with Gasteiger partial charge in [-0.3, -0.25) is 9.80 Å². The Kier molecular flexibility index (Phi) is 3.96. The highest BCUT2D eigenvalue weighted by atomic mass is 19.4. The van der Waals surface area contributed by atoms with Crippen molar-refractivity contribution in [2.24, 2.45) is 0 Å². The molecule has 134 valence electrons. The Morgan fingerprint density at radius 3 is 2.15 bits per heavy atom. The average molecular weight is 359 g/mol. The fraction of sp³-hybridized carbons (Fsp3) is 0.211. The molecule has 0 aliphatic carbocycles. The molecule has 2 aliphatic rings. The van der Waals surface area contributed by atoms with Crippen LogP contribution in [0.1, 0.15) is 17.0 Å². The molecule has 7 heteroatoms. The van der Waals surface area contributed by atoms with Gasteiger partial charge in [-0.2, -0.15) is 13.2 Å². The molecule has 2 N–H and O–H groups in total. The first kappa shape index (κ1) is 16.7. The van der Waals surface area contributed by atoms with Gasteiger partial charge in [-0.1, -0.05) is 60.7 Å². The molecule has 0 aromatic heterocycles. The molecule has 4 rings (SSSR count). The fourth-order valence-corrected chi connectivity index (χ4v) is 3.51. The maximum Gasteiger partial charge on any atom is 0.406 e. The Hall–Kier alpha value is -2.80. The number of carbonyl (C=O) groups is 1. The van der Waals surface area contributed by atoms with Crippen LogP contribution in [0.2, 0.25) is 0 Å². The third-order valence-electron chi connectivity index (χ3n) is 4.69. The van der Waals surface area contributed by atoms with Gasteiger partial charge in [0.05, 0.1) is 5.92 Å². The lowest BCUT2D eigenvalue weighted by Crippen LogP contribution is -2.53. The van der Waals surface area contributed by atoms with E-state index in [0.717, 1.165) is 10.6 Å². The molecule has 0 radical (unpaired) electrons. The second-order valence-electron chi connectivity index (χ2n) is 6.31. The van der Waals surface area contributed by atoms with Gasteiger partial charge in [0.25, 0.3) is 5.91 Å². The highest BCUT2D eigenvalue weighted by molar-refractivity contribution is 5.96. The van der Waals surface area contributed by atoms with Crippen LogP contribution < -0.4 is 10.7 Å². The molecule has 0 bridgehead atoms. The van der Waals surface area contributed by atoms with E-state index < -0.39 is 30.2 Å². The van der Waals surface area contributed by atoms with Crippen molar-refractivity contribution < 1.29 is 18.0 Å². The van der Waals surface area contributed by atoms with Crippen LogP contribution in [0.4, 0.5) is 13.2 Å². The van der Waals surface area contributed by atoms with Crippen LogP contribution in [0.15, 0.2) is 66.7 Å². The summed E-state index contributed by atoms with van der Waals surface area (Å²) in [5.74, 6) is -1.46. The number of rotatable bonds is 2. The molecule has 1 saturated heterocycles. The minimum absolute atomic E-state index is 0.500. The number of nitrogens with one attached hydrogen (secondary N) is 2. The van der Waals surface area contributed by atoms with Gasteiger partial charge in [0, 0.05) is 11.8 Å². The van der Waals surface area contributed by atoms with Crippen LogP contribution in [-0.2, 0) is 4.79 Å². The van der Waals surface area contributed by atoms with Gasteiger partial charge in [0.1, 0.15) is 12.2 Å². The topological polar surface area (TPSA) is 44.4 Å². The zero-order valence-corrected chi connectivity index (χ0v) is 13.6. The highest BCUT2D eigenvalue weighted by Crippen LogP contribution is 2.41. The summed E-state index contributed by atoms with van der Waals surface area (Å²) in [7, 11) is 0. The summed E-state index contributed by atoms with van der Waals surface area (Å²) in [6, 6.07) is 15.7. The van der Waals surface area contributed by atoms with Gasteiger partial charge in [-0.05, 0) is 11.1 Å². The van der Waals surface area contributed by atoms with Crippen molar-refractivity contribution in [1.82, 2.24) is 15.8 Å². The zero-order chi connectivity index (χ0) is 18.3. The Labute approximate surface area is 148 Å². The lowest BCUT2D eigenvalue weighted by molar-refractivity contribution is -0.161. The Morgan fingerprint density at radius 2 is 1.54 bits per heavy atom. The normalized spacial score (nSPS) is 25.5. The molecule has 2 aromatic carbocycles. The minimum Gasteiger partial charge on any atom is -0.363 e. The quantitative estimate of drug-likeness (QED) is 0.866. The van der Waals surface area contributed by atoms with Crippen molar-refractivity contribution in [2.75, 3.05) is 0 Å². The molecule has 2 heterocycles. The van der Waals surface area contributed by atoms with Crippen molar-refractivity contribution in [3.05, 3.63) is 77.9 Å². The summed E-state index contributed by atoms with van der Waals surface area (Å²) in [4.78, 5) is 12.5. The number of halogens is 3. The summed E-state index contributed by atoms with van der Waals surface area (Å²) in [5, 5.41) is 4.16. The molecule has 3 atom stereocenters. The van der Waals surface area contributed by atoms with Crippen LogP contribution in [-0.4, -0.2) is 29.3 Å². The first-order valence-electron chi connectivity index (χ1n) is 8.20. The van der Waals surface area contributed by atoms with Gasteiger partial charge >= 0.3 is 6.18 Å². The Balaban J connectivity index is 1.75. The van der Waals surface area contributed by atoms with Crippen LogP contribution in [0.25, 0.3) is 5.70 Å². The van der Waals surface area contributed by atoms with E-state index in [0.29, 0.717) is 11.3 Å². The standard InChI is InChI=1S/C19H16F3N3O/c20-19(21,22)17-16(13-9-5-2-6-10-13)18-23-14(11-15(26)25(18)24-17)12-7-3-1-4-8-12/h1-11,16-18,23-24H. The molecule has 0 spiro atoms. The molecule has 1 amide bonds. The SMILES string of the molecule is O=C1C=C(c2ccccc2)NC2C(c3ccccc3)C(C(F)(F)F)NN12. The van der Waals surface area contributed by atoms with E-state index >= 15 is 0 Å². The van der Waals surface area contributed by atoms with Gasteiger partial charge in [-0.15, -0.1) is 0 Å². The maximum absolute atomic E-state index is 13.6. The summed E-state index contributed by atoms with van der Waals surface area (Å²) >= 11 is 0. The molecular formula is C19H16F3N3O. The van der Waals surface area contributed by atoms with Crippen LogP contribution >= 0.6 is 0 Å². The van der Waals surface area contributed by atoms with E-state index in [1.807, 2.05) is 30.3 Å². The molecule has 2 aliphatic heterocycles. The molecule has 3 unspecified atom stereocenters. The lowest BCUT2D eigenvalue weighted by Gasteiger charge is -2.33. The predicted octanol–water partition coefficient (Wildman–Crippen LogP) is 3.02. The number of amides is 1. The highest BCUT2D eigenvalue weighted by Gasteiger charge is 2.56. The predicted molar refractivity (Wildman–Crippen MR) is 90.4 cm³/mol. The smallest absolute Gasteiger partial charge is 0.363 e. The Bertz CT molecular complexity index is 836. The zero-order valence-electron chi connectivity index (χ0n) is 13.6. The number of alkyl halides is 3. The van der Waals surface area contributed by atoms with Crippen LogP contribution in [0.5, 0.6) is 0 Å². The Morgan fingerprint density at radius 1 is 0.923 bits per heavy atom. The van der Waals surface area contributed by atoms with E-state index in [1.165, 1.54) is 6.08 Å².